The smallest absolute Gasteiger partial charge is 0.268 e. The Balaban J connectivity index is 1.86. The minimum atomic E-state index is -4.00. The lowest BCUT2D eigenvalue weighted by molar-refractivity contribution is 0.356. The number of anilines is 2. The number of hydrogen-bond donors (Lipinski definition) is 1. The zero-order valence-corrected chi connectivity index (χ0v) is 18.9. The van der Waals surface area contributed by atoms with Crippen molar-refractivity contribution in [3.63, 3.8) is 0 Å². The van der Waals surface area contributed by atoms with Gasteiger partial charge in [0, 0.05) is 17.3 Å². The first-order valence-corrected chi connectivity index (χ1v) is 11.2. The molecular formula is C23H21N3O6S. The van der Waals surface area contributed by atoms with E-state index in [0.29, 0.717) is 34.0 Å². The topological polar surface area (TPSA) is 108 Å². The number of aromatic nitrogens is 1. The number of rotatable bonds is 8. The van der Waals surface area contributed by atoms with Crippen molar-refractivity contribution >= 4 is 38.0 Å². The van der Waals surface area contributed by atoms with Gasteiger partial charge in [-0.1, -0.05) is 6.07 Å². The second-order valence-corrected chi connectivity index (χ2v) is 8.76. The molecule has 0 unspecified atom stereocenters. The highest BCUT2D eigenvalue weighted by Gasteiger charge is 2.23. The summed E-state index contributed by atoms with van der Waals surface area (Å²) in [5.41, 5.74) is 1.33. The Morgan fingerprint density at radius 2 is 1.61 bits per heavy atom. The van der Waals surface area contributed by atoms with Crippen LogP contribution in [0, 0.1) is 4.91 Å². The summed E-state index contributed by atoms with van der Waals surface area (Å²) in [5, 5.41) is 6.78. The molecule has 0 radical (unpaired) electrons. The van der Waals surface area contributed by atoms with Gasteiger partial charge < -0.3 is 19.5 Å². The molecule has 4 rings (SSSR count). The maximum Gasteiger partial charge on any atom is 0.268 e. The van der Waals surface area contributed by atoms with Gasteiger partial charge in [-0.25, -0.2) is 12.4 Å². The first kappa shape index (κ1) is 22.2. The van der Waals surface area contributed by atoms with Crippen LogP contribution < -0.4 is 19.5 Å². The second kappa shape index (κ2) is 8.83. The van der Waals surface area contributed by atoms with Crippen LogP contribution in [0.25, 0.3) is 10.9 Å². The first-order chi connectivity index (χ1) is 15.9. The van der Waals surface area contributed by atoms with E-state index in [1.54, 1.807) is 42.5 Å². The Kier molecular flexibility index (Phi) is 5.93. The fourth-order valence-electron chi connectivity index (χ4n) is 3.59. The van der Waals surface area contributed by atoms with Crippen LogP contribution >= 0.6 is 0 Å². The van der Waals surface area contributed by atoms with E-state index >= 15 is 0 Å². The predicted molar refractivity (Wildman–Crippen MR) is 126 cm³/mol. The summed E-state index contributed by atoms with van der Waals surface area (Å²) in [7, 11) is 0.554. The van der Waals surface area contributed by atoms with Gasteiger partial charge in [0.25, 0.3) is 10.0 Å². The van der Waals surface area contributed by atoms with E-state index in [1.807, 2.05) is 0 Å². The molecule has 33 heavy (non-hydrogen) atoms. The fraction of sp³-hybridized carbons (Fsp3) is 0.130. The molecule has 1 aromatic heterocycles. The number of nitrogens with one attached hydrogen (secondary N) is 1. The lowest BCUT2D eigenvalue weighted by Crippen LogP contribution is -2.12. The SMILES string of the molecule is COc1ccc(S(=O)(=O)n2ccc3c(Nc4cccc(OC)c4OC)ccc(N=O)c32)cc1. The Bertz CT molecular complexity index is 1430. The molecule has 0 fully saturated rings. The average molecular weight is 468 g/mol. The van der Waals surface area contributed by atoms with Crippen LogP contribution in [0.4, 0.5) is 17.1 Å². The maximum absolute atomic E-state index is 13.4. The van der Waals surface area contributed by atoms with Crippen molar-refractivity contribution < 1.29 is 22.6 Å². The van der Waals surface area contributed by atoms with Gasteiger partial charge in [0.15, 0.2) is 11.5 Å². The number of ether oxygens (including phenoxy) is 3. The molecule has 1 N–H and O–H groups in total. The van der Waals surface area contributed by atoms with Gasteiger partial charge in [-0.05, 0) is 59.8 Å². The zero-order valence-electron chi connectivity index (χ0n) is 18.1. The Hall–Kier alpha value is -4.05. The van der Waals surface area contributed by atoms with E-state index in [9.17, 15) is 13.3 Å². The van der Waals surface area contributed by atoms with Gasteiger partial charge in [0.05, 0.1) is 37.4 Å². The highest BCUT2D eigenvalue weighted by Crippen LogP contribution is 2.40. The van der Waals surface area contributed by atoms with Gasteiger partial charge in [0.2, 0.25) is 0 Å². The number of fused-ring (bicyclic) bond motifs is 1. The molecule has 0 saturated carbocycles. The van der Waals surface area contributed by atoms with Crippen molar-refractivity contribution in [3.8, 4) is 17.2 Å². The van der Waals surface area contributed by atoms with Crippen LogP contribution in [0.5, 0.6) is 17.2 Å². The summed E-state index contributed by atoms with van der Waals surface area (Å²) in [6.45, 7) is 0. The van der Waals surface area contributed by atoms with Crippen LogP contribution in [0.15, 0.2) is 76.9 Å². The predicted octanol–water partition coefficient (Wildman–Crippen LogP) is 5.05. The Morgan fingerprint density at radius 3 is 2.24 bits per heavy atom. The maximum atomic E-state index is 13.4. The van der Waals surface area contributed by atoms with E-state index in [4.69, 9.17) is 14.2 Å². The molecule has 3 aromatic carbocycles. The summed E-state index contributed by atoms with van der Waals surface area (Å²) >= 11 is 0. The van der Waals surface area contributed by atoms with Crippen molar-refractivity contribution in [3.05, 3.63) is 71.8 Å². The van der Waals surface area contributed by atoms with Crippen molar-refractivity contribution in [1.29, 1.82) is 0 Å². The quantitative estimate of drug-likeness (QED) is 0.361. The summed E-state index contributed by atoms with van der Waals surface area (Å²) in [5.74, 6) is 1.54. The molecule has 170 valence electrons. The van der Waals surface area contributed by atoms with Gasteiger partial charge in [-0.15, -0.1) is 4.91 Å². The third kappa shape index (κ3) is 3.85. The Morgan fingerprint density at radius 1 is 0.848 bits per heavy atom. The number of para-hydroxylation sites is 1. The second-order valence-electron chi connectivity index (χ2n) is 6.94. The minimum Gasteiger partial charge on any atom is -0.497 e. The lowest BCUT2D eigenvalue weighted by Gasteiger charge is -2.15. The summed E-state index contributed by atoms with van der Waals surface area (Å²) in [6, 6.07) is 16.1. The number of nitrogens with zero attached hydrogens (tertiary/aromatic N) is 2. The van der Waals surface area contributed by atoms with E-state index in [2.05, 4.69) is 10.5 Å². The normalized spacial score (nSPS) is 11.2. The third-order valence-electron chi connectivity index (χ3n) is 5.18. The lowest BCUT2D eigenvalue weighted by atomic mass is 10.1. The molecule has 0 spiro atoms. The molecule has 0 aliphatic rings. The Labute approximate surface area is 190 Å². The summed E-state index contributed by atoms with van der Waals surface area (Å²) in [6.07, 6.45) is 1.40. The summed E-state index contributed by atoms with van der Waals surface area (Å²) < 4.78 is 43.7. The van der Waals surface area contributed by atoms with Crippen LogP contribution in [0.1, 0.15) is 0 Å². The molecule has 0 bridgehead atoms. The fourth-order valence-corrected chi connectivity index (χ4v) is 4.95. The highest BCUT2D eigenvalue weighted by molar-refractivity contribution is 7.90. The number of hydrogen-bond acceptors (Lipinski definition) is 8. The molecule has 0 aliphatic heterocycles. The van der Waals surface area contributed by atoms with Crippen LogP contribution in [-0.2, 0) is 10.0 Å². The first-order valence-electron chi connectivity index (χ1n) is 9.79. The summed E-state index contributed by atoms with van der Waals surface area (Å²) in [4.78, 5) is 11.6. The number of methoxy groups -OCH3 is 3. The monoisotopic (exact) mass is 467 g/mol. The van der Waals surface area contributed by atoms with Crippen molar-refractivity contribution in [2.75, 3.05) is 26.6 Å². The van der Waals surface area contributed by atoms with Gasteiger partial charge in [-0.2, -0.15) is 0 Å². The molecule has 1 heterocycles. The largest absolute Gasteiger partial charge is 0.497 e. The van der Waals surface area contributed by atoms with E-state index in [1.165, 1.54) is 45.7 Å². The van der Waals surface area contributed by atoms with Crippen LogP contribution in [0.2, 0.25) is 0 Å². The third-order valence-corrected chi connectivity index (χ3v) is 6.87. The van der Waals surface area contributed by atoms with Gasteiger partial charge in [0.1, 0.15) is 11.4 Å². The number of benzene rings is 3. The van der Waals surface area contributed by atoms with Gasteiger partial charge >= 0.3 is 0 Å². The van der Waals surface area contributed by atoms with Crippen molar-refractivity contribution in [2.24, 2.45) is 5.18 Å². The van der Waals surface area contributed by atoms with E-state index in [-0.39, 0.29) is 16.1 Å². The minimum absolute atomic E-state index is 0.00440. The van der Waals surface area contributed by atoms with Crippen molar-refractivity contribution in [2.45, 2.75) is 4.90 Å². The van der Waals surface area contributed by atoms with Crippen LogP contribution in [0.3, 0.4) is 0 Å². The van der Waals surface area contributed by atoms with E-state index < -0.39 is 10.0 Å². The molecular weight excluding hydrogens is 446 g/mol. The standard InChI is InChI=1S/C23H21N3O6S/c1-30-15-7-9-16(10-8-15)33(28,29)26-14-13-17-18(11-12-19(25-27)22(17)26)24-20-5-4-6-21(31-2)23(20)32-3/h4-14,24H,1-3H3. The molecule has 0 saturated heterocycles. The molecule has 0 amide bonds. The molecule has 4 aromatic rings. The molecule has 9 nitrogen and oxygen atoms in total. The average Bonchev–Trinajstić information content (AvgIpc) is 3.31. The molecule has 10 heteroatoms. The van der Waals surface area contributed by atoms with Crippen LogP contribution in [-0.4, -0.2) is 33.7 Å². The highest BCUT2D eigenvalue weighted by atomic mass is 32.2. The van der Waals surface area contributed by atoms with Gasteiger partial charge in [-0.3, -0.25) is 0 Å². The van der Waals surface area contributed by atoms with E-state index in [0.717, 1.165) is 3.97 Å². The zero-order chi connectivity index (χ0) is 23.6. The molecule has 0 aliphatic carbocycles. The van der Waals surface area contributed by atoms with Crippen molar-refractivity contribution in [1.82, 2.24) is 3.97 Å². The number of nitroso groups, excluding NO2 is 1. The molecule has 0 atom stereocenters.